The van der Waals surface area contributed by atoms with Crippen molar-refractivity contribution in [3.05, 3.63) is 12.2 Å². The molecule has 0 rings (SSSR count). The summed E-state index contributed by atoms with van der Waals surface area (Å²) in [6, 6.07) is -0.610. The maximum Gasteiger partial charge on any atom is 0.362 e. The Morgan fingerprint density at radius 1 is 0.569 bits per heavy atom. The maximum atomic E-state index is 12.7. The van der Waals surface area contributed by atoms with E-state index in [-0.39, 0.29) is 36.2 Å². The van der Waals surface area contributed by atoms with Gasteiger partial charge in [0.15, 0.2) is 12.1 Å². The number of aliphatic carboxylic acids is 1. The van der Waals surface area contributed by atoms with Crippen LogP contribution in [0.4, 0.5) is 0 Å². The molecular weight excluding hydrogens is 642 g/mol. The summed E-state index contributed by atoms with van der Waals surface area (Å²) < 4.78 is 17.2. The van der Waals surface area contributed by atoms with E-state index < -0.39 is 18.1 Å². The first-order chi connectivity index (χ1) is 24.6. The van der Waals surface area contributed by atoms with Gasteiger partial charge in [-0.2, -0.15) is 0 Å². The van der Waals surface area contributed by atoms with Gasteiger partial charge in [0.2, 0.25) is 0 Å². The molecule has 2 unspecified atom stereocenters. The normalized spacial score (nSPS) is 13.0. The Morgan fingerprint density at radius 2 is 1.00 bits per heavy atom. The van der Waals surface area contributed by atoms with Crippen LogP contribution < -0.4 is 0 Å². The van der Waals surface area contributed by atoms with E-state index in [2.05, 4.69) is 26.0 Å². The smallest absolute Gasteiger partial charge is 0.362 e. The van der Waals surface area contributed by atoms with E-state index in [9.17, 15) is 19.5 Å². The third kappa shape index (κ3) is 33.6. The lowest BCUT2D eigenvalue weighted by molar-refractivity contribution is -0.887. The molecule has 0 radical (unpaired) electrons. The Morgan fingerprint density at radius 3 is 1.47 bits per heavy atom. The van der Waals surface area contributed by atoms with Crippen LogP contribution in [0, 0.1) is 0 Å². The number of ether oxygens (including phenoxy) is 3. The van der Waals surface area contributed by atoms with Gasteiger partial charge in [0.05, 0.1) is 34.4 Å². The third-order valence-corrected chi connectivity index (χ3v) is 9.66. The lowest BCUT2D eigenvalue weighted by Crippen LogP contribution is -2.50. The molecule has 0 heterocycles. The van der Waals surface area contributed by atoms with Crippen molar-refractivity contribution in [2.45, 2.75) is 206 Å². The fourth-order valence-electron chi connectivity index (χ4n) is 6.31. The van der Waals surface area contributed by atoms with Gasteiger partial charge < -0.3 is 23.8 Å². The molecule has 0 fully saturated rings. The van der Waals surface area contributed by atoms with Gasteiger partial charge >= 0.3 is 17.9 Å². The minimum Gasteiger partial charge on any atom is -0.477 e. The lowest BCUT2D eigenvalue weighted by atomic mass is 10.0. The Kier molecular flexibility index (Phi) is 33.8. The largest absolute Gasteiger partial charge is 0.477 e. The Balaban J connectivity index is 4.33. The number of likely N-dealkylation sites (N-methyl/N-ethyl adjacent to an activating group) is 1. The molecule has 0 aromatic heterocycles. The predicted octanol–water partition coefficient (Wildman–Crippen LogP) is 11.1. The number of carbonyl (C=O) groups excluding carboxylic acids is 2. The average molecular weight is 725 g/mol. The predicted molar refractivity (Wildman–Crippen MR) is 211 cm³/mol. The van der Waals surface area contributed by atoms with Gasteiger partial charge in [-0.3, -0.25) is 9.59 Å². The van der Waals surface area contributed by atoms with Crippen LogP contribution in [0.3, 0.4) is 0 Å². The van der Waals surface area contributed by atoms with E-state index in [0.29, 0.717) is 19.3 Å². The third-order valence-electron chi connectivity index (χ3n) is 9.66. The molecule has 0 amide bonds. The minimum absolute atomic E-state index is 0.0500. The maximum absolute atomic E-state index is 12.7. The molecule has 0 aliphatic heterocycles. The van der Waals surface area contributed by atoms with E-state index in [1.54, 1.807) is 0 Å². The van der Waals surface area contributed by atoms with Crippen molar-refractivity contribution in [1.29, 1.82) is 0 Å². The zero-order valence-corrected chi connectivity index (χ0v) is 34.1. The Labute approximate surface area is 314 Å². The van der Waals surface area contributed by atoms with Crippen molar-refractivity contribution in [3.8, 4) is 0 Å². The molecule has 2 atom stereocenters. The number of unbranched alkanes of at least 4 members (excludes halogenated alkanes) is 22. The molecule has 0 spiro atoms. The highest BCUT2D eigenvalue weighted by molar-refractivity contribution is 5.72. The highest BCUT2D eigenvalue weighted by Gasteiger charge is 2.31. The molecule has 300 valence electrons. The molecule has 0 saturated heterocycles. The molecule has 8 heteroatoms. The van der Waals surface area contributed by atoms with E-state index in [1.165, 1.54) is 116 Å². The highest BCUT2D eigenvalue weighted by Crippen LogP contribution is 2.15. The van der Waals surface area contributed by atoms with Gasteiger partial charge in [0.1, 0.15) is 6.61 Å². The molecule has 0 aromatic rings. The number of esters is 2. The summed E-state index contributed by atoms with van der Waals surface area (Å²) in [5.41, 5.74) is 0. The van der Waals surface area contributed by atoms with Crippen LogP contribution in [-0.2, 0) is 28.6 Å². The molecule has 0 saturated carbocycles. The molecular formula is C43H82NO7+. The number of quaternary nitrogens is 1. The zero-order chi connectivity index (χ0) is 37.8. The van der Waals surface area contributed by atoms with Crippen molar-refractivity contribution in [2.75, 3.05) is 41.0 Å². The summed E-state index contributed by atoms with van der Waals surface area (Å²) in [6.07, 6.45) is 35.3. The molecule has 0 aliphatic rings. The topological polar surface area (TPSA) is 99.1 Å². The quantitative estimate of drug-likeness (QED) is 0.0293. The van der Waals surface area contributed by atoms with Crippen LogP contribution in [0.2, 0.25) is 0 Å². The van der Waals surface area contributed by atoms with Crippen molar-refractivity contribution in [2.24, 2.45) is 0 Å². The second-order valence-corrected chi connectivity index (χ2v) is 15.6. The first-order valence-corrected chi connectivity index (χ1v) is 21.2. The fourth-order valence-corrected chi connectivity index (χ4v) is 6.31. The molecule has 0 aliphatic carbocycles. The summed E-state index contributed by atoms with van der Waals surface area (Å²) in [5, 5.41) is 9.60. The van der Waals surface area contributed by atoms with Gasteiger partial charge in [-0.25, -0.2) is 4.79 Å². The Hall–Kier alpha value is -1.93. The van der Waals surface area contributed by atoms with E-state index >= 15 is 0 Å². The number of allylic oxidation sites excluding steroid dienone is 2. The summed E-state index contributed by atoms with van der Waals surface area (Å²) in [7, 11) is 5.53. The summed E-state index contributed by atoms with van der Waals surface area (Å²) in [5.74, 6) is -1.47. The SMILES string of the molecule is CCCC/C=C/CCCCCCCC(=O)OCC(COCCC(C(=O)O)[N+](C)(C)C)OC(=O)CCCCCCCCCCCCCCCCCC. The first kappa shape index (κ1) is 49.1. The molecule has 8 nitrogen and oxygen atoms in total. The lowest BCUT2D eigenvalue weighted by Gasteiger charge is -2.31. The number of carboxylic acid groups (broad SMARTS) is 1. The summed E-state index contributed by atoms with van der Waals surface area (Å²) in [4.78, 5) is 36.8. The van der Waals surface area contributed by atoms with E-state index in [4.69, 9.17) is 14.2 Å². The van der Waals surface area contributed by atoms with Crippen LogP contribution in [0.5, 0.6) is 0 Å². The highest BCUT2D eigenvalue weighted by atomic mass is 16.6. The van der Waals surface area contributed by atoms with Crippen molar-refractivity contribution in [3.63, 3.8) is 0 Å². The van der Waals surface area contributed by atoms with Crippen LogP contribution in [0.15, 0.2) is 12.2 Å². The molecule has 0 aromatic carbocycles. The van der Waals surface area contributed by atoms with Crippen LogP contribution >= 0.6 is 0 Å². The van der Waals surface area contributed by atoms with Gasteiger partial charge in [-0.15, -0.1) is 0 Å². The standard InChI is InChI=1S/C43H81NO7/c1-6-8-10-12-14-16-18-19-20-21-22-24-26-28-30-32-34-42(46)51-39(37-49-36-35-40(43(47)48)44(3,4)5)38-50-41(45)33-31-29-27-25-23-17-15-13-11-9-7-2/h13,15,39-40H,6-12,14,16-38H2,1-5H3/p+1/b15-13+. The zero-order valence-electron chi connectivity index (χ0n) is 34.1. The first-order valence-electron chi connectivity index (χ1n) is 21.2. The minimum atomic E-state index is -0.874. The number of hydrogen-bond acceptors (Lipinski definition) is 6. The Bertz CT molecular complexity index is 854. The molecule has 1 N–H and O–H groups in total. The van der Waals surface area contributed by atoms with Crippen molar-refractivity contribution < 1.29 is 38.2 Å². The van der Waals surface area contributed by atoms with Crippen molar-refractivity contribution >= 4 is 17.9 Å². The average Bonchev–Trinajstić information content (AvgIpc) is 3.08. The molecule has 51 heavy (non-hydrogen) atoms. The number of nitrogens with zero attached hydrogens (tertiary/aromatic N) is 1. The summed E-state index contributed by atoms with van der Waals surface area (Å²) in [6.45, 7) is 4.70. The van der Waals surface area contributed by atoms with Crippen LogP contribution in [0.25, 0.3) is 0 Å². The number of carbonyl (C=O) groups is 3. The fraction of sp³-hybridized carbons (Fsp3) is 0.884. The second kappa shape index (κ2) is 35.1. The second-order valence-electron chi connectivity index (χ2n) is 15.6. The molecule has 0 bridgehead atoms. The van der Waals surface area contributed by atoms with E-state index in [0.717, 1.165) is 44.9 Å². The number of carboxylic acids is 1. The van der Waals surface area contributed by atoms with Gasteiger partial charge in [0.25, 0.3) is 0 Å². The van der Waals surface area contributed by atoms with E-state index in [1.807, 2.05) is 21.1 Å². The monoisotopic (exact) mass is 725 g/mol. The summed E-state index contributed by atoms with van der Waals surface area (Å²) >= 11 is 0. The van der Waals surface area contributed by atoms with Gasteiger partial charge in [-0.1, -0.05) is 154 Å². The van der Waals surface area contributed by atoms with Gasteiger partial charge in [-0.05, 0) is 32.1 Å². The number of rotatable bonds is 38. The van der Waals surface area contributed by atoms with Crippen LogP contribution in [0.1, 0.15) is 194 Å². The number of hydrogen-bond donors (Lipinski definition) is 1. The van der Waals surface area contributed by atoms with Gasteiger partial charge in [0, 0.05) is 19.3 Å². The van der Waals surface area contributed by atoms with Crippen molar-refractivity contribution in [1.82, 2.24) is 0 Å². The van der Waals surface area contributed by atoms with Crippen LogP contribution in [-0.4, -0.2) is 80.6 Å².